The third kappa shape index (κ3) is 4.74. The molecule has 0 heterocycles. The smallest absolute Gasteiger partial charge is 0.349 e. The van der Waals surface area contributed by atoms with Gasteiger partial charge in [-0.05, 0) is 30.5 Å². The number of rotatable bonds is 4. The van der Waals surface area contributed by atoms with Gasteiger partial charge >= 0.3 is 6.18 Å². The van der Waals surface area contributed by atoms with E-state index in [2.05, 4.69) is 5.32 Å². The maximum Gasteiger partial charge on any atom is 0.417 e. The molecule has 6 heteroatoms. The lowest BCUT2D eigenvalue weighted by molar-refractivity contribution is -0.137. The van der Waals surface area contributed by atoms with Crippen LogP contribution in [0.25, 0.3) is 0 Å². The van der Waals surface area contributed by atoms with E-state index in [9.17, 15) is 18.0 Å². The van der Waals surface area contributed by atoms with Crippen molar-refractivity contribution in [2.24, 2.45) is 11.1 Å². The standard InChI is InChI=1S/C15H21F3N2O/c1-14(2,3)12(8-9-19)20-13(21)10-6-4-5-7-11(10)15(16,17)18/h4-7,12H,8-9,19H2,1-3H3,(H,20,21). The molecule has 0 saturated heterocycles. The van der Waals surface area contributed by atoms with Gasteiger partial charge in [0.05, 0.1) is 11.1 Å². The van der Waals surface area contributed by atoms with Crippen molar-refractivity contribution in [3.63, 3.8) is 0 Å². The summed E-state index contributed by atoms with van der Waals surface area (Å²) in [5.41, 5.74) is 3.93. The van der Waals surface area contributed by atoms with E-state index in [-0.39, 0.29) is 17.0 Å². The lowest BCUT2D eigenvalue weighted by Gasteiger charge is -2.31. The molecule has 0 saturated carbocycles. The van der Waals surface area contributed by atoms with E-state index < -0.39 is 17.6 Å². The number of alkyl halides is 3. The minimum Gasteiger partial charge on any atom is -0.349 e. The van der Waals surface area contributed by atoms with Gasteiger partial charge in [0.2, 0.25) is 0 Å². The highest BCUT2D eigenvalue weighted by Crippen LogP contribution is 2.32. The Hall–Kier alpha value is -1.56. The molecule has 1 aromatic carbocycles. The number of hydrogen-bond donors (Lipinski definition) is 2. The second-order valence-electron chi connectivity index (χ2n) is 6.01. The highest BCUT2D eigenvalue weighted by molar-refractivity contribution is 5.96. The number of halogens is 3. The predicted octanol–water partition coefficient (Wildman–Crippen LogP) is 3.20. The maximum atomic E-state index is 12.9. The van der Waals surface area contributed by atoms with Crippen molar-refractivity contribution < 1.29 is 18.0 Å². The van der Waals surface area contributed by atoms with E-state index in [4.69, 9.17) is 5.73 Å². The lowest BCUT2D eigenvalue weighted by atomic mass is 9.84. The summed E-state index contributed by atoms with van der Waals surface area (Å²) in [6, 6.07) is 4.47. The number of benzene rings is 1. The van der Waals surface area contributed by atoms with Crippen molar-refractivity contribution in [3.8, 4) is 0 Å². The Morgan fingerprint density at radius 2 is 1.81 bits per heavy atom. The average Bonchev–Trinajstić information content (AvgIpc) is 2.36. The Bertz CT molecular complexity index is 492. The molecule has 0 radical (unpaired) electrons. The zero-order chi connectivity index (χ0) is 16.3. The first-order valence-corrected chi connectivity index (χ1v) is 6.74. The summed E-state index contributed by atoms with van der Waals surface area (Å²) in [7, 11) is 0. The molecular formula is C15H21F3N2O. The fourth-order valence-corrected chi connectivity index (χ4v) is 2.05. The second-order valence-corrected chi connectivity index (χ2v) is 6.01. The van der Waals surface area contributed by atoms with Crippen LogP contribution in [0.3, 0.4) is 0 Å². The molecule has 0 fully saturated rings. The third-order valence-corrected chi connectivity index (χ3v) is 3.28. The quantitative estimate of drug-likeness (QED) is 0.897. The second kappa shape index (κ2) is 6.47. The molecule has 0 aliphatic heterocycles. The Kier molecular flexibility index (Phi) is 5.39. The molecule has 0 bridgehead atoms. The van der Waals surface area contributed by atoms with E-state index >= 15 is 0 Å². The van der Waals surface area contributed by atoms with Gasteiger partial charge in [-0.1, -0.05) is 32.9 Å². The molecular weight excluding hydrogens is 281 g/mol. The number of carbonyl (C=O) groups is 1. The van der Waals surface area contributed by atoms with Gasteiger partial charge in [-0.2, -0.15) is 13.2 Å². The zero-order valence-electron chi connectivity index (χ0n) is 12.4. The number of nitrogens with two attached hydrogens (primary N) is 1. The first-order valence-electron chi connectivity index (χ1n) is 6.74. The summed E-state index contributed by atoms with van der Waals surface area (Å²) in [4.78, 5) is 12.2. The zero-order valence-corrected chi connectivity index (χ0v) is 12.4. The van der Waals surface area contributed by atoms with Gasteiger partial charge in [0, 0.05) is 6.04 Å². The van der Waals surface area contributed by atoms with Crippen LogP contribution in [0.15, 0.2) is 24.3 Å². The van der Waals surface area contributed by atoms with Crippen LogP contribution in [0.1, 0.15) is 43.1 Å². The first kappa shape index (κ1) is 17.5. The largest absolute Gasteiger partial charge is 0.417 e. The molecule has 0 spiro atoms. The predicted molar refractivity (Wildman–Crippen MR) is 75.8 cm³/mol. The van der Waals surface area contributed by atoms with Crippen molar-refractivity contribution >= 4 is 5.91 Å². The van der Waals surface area contributed by atoms with Crippen LogP contribution in [-0.4, -0.2) is 18.5 Å². The Morgan fingerprint density at radius 3 is 2.29 bits per heavy atom. The minimum atomic E-state index is -4.56. The van der Waals surface area contributed by atoms with Gasteiger partial charge in [-0.3, -0.25) is 4.79 Å². The monoisotopic (exact) mass is 302 g/mol. The van der Waals surface area contributed by atoms with Crippen LogP contribution in [0.4, 0.5) is 13.2 Å². The molecule has 0 aromatic heterocycles. The van der Waals surface area contributed by atoms with Crippen molar-refractivity contribution in [2.75, 3.05) is 6.54 Å². The molecule has 3 nitrogen and oxygen atoms in total. The molecule has 3 N–H and O–H groups in total. The summed E-state index contributed by atoms with van der Waals surface area (Å²) in [5, 5.41) is 2.67. The van der Waals surface area contributed by atoms with Gasteiger partial charge in [0.15, 0.2) is 0 Å². The van der Waals surface area contributed by atoms with E-state index in [1.54, 1.807) is 0 Å². The van der Waals surface area contributed by atoms with E-state index in [0.717, 1.165) is 6.07 Å². The van der Waals surface area contributed by atoms with Gasteiger partial charge in [-0.25, -0.2) is 0 Å². The van der Waals surface area contributed by atoms with E-state index in [1.807, 2.05) is 20.8 Å². The summed E-state index contributed by atoms with van der Waals surface area (Å²) >= 11 is 0. The summed E-state index contributed by atoms with van der Waals surface area (Å²) < 4.78 is 38.8. The van der Waals surface area contributed by atoms with Crippen LogP contribution in [0, 0.1) is 5.41 Å². The van der Waals surface area contributed by atoms with Crippen LogP contribution >= 0.6 is 0 Å². The van der Waals surface area contributed by atoms with Gasteiger partial charge in [-0.15, -0.1) is 0 Å². The molecule has 1 rings (SSSR count). The highest BCUT2D eigenvalue weighted by atomic mass is 19.4. The Morgan fingerprint density at radius 1 is 1.24 bits per heavy atom. The molecule has 1 aromatic rings. The molecule has 21 heavy (non-hydrogen) atoms. The topological polar surface area (TPSA) is 55.1 Å². The summed E-state index contributed by atoms with van der Waals surface area (Å²) in [6.45, 7) is 6.07. The van der Waals surface area contributed by atoms with E-state index in [1.165, 1.54) is 18.2 Å². The van der Waals surface area contributed by atoms with Crippen LogP contribution in [0.5, 0.6) is 0 Å². The molecule has 1 amide bonds. The Balaban J connectivity index is 3.04. The third-order valence-electron chi connectivity index (χ3n) is 3.28. The molecule has 1 unspecified atom stereocenters. The first-order chi connectivity index (χ1) is 9.57. The Labute approximate surface area is 122 Å². The van der Waals surface area contributed by atoms with Gasteiger partial charge < -0.3 is 11.1 Å². The summed E-state index contributed by atoms with van der Waals surface area (Å²) in [6.07, 6.45) is -4.05. The van der Waals surface area contributed by atoms with Crippen molar-refractivity contribution in [2.45, 2.75) is 39.4 Å². The molecule has 0 aliphatic carbocycles. The van der Waals surface area contributed by atoms with Crippen LogP contribution < -0.4 is 11.1 Å². The SMILES string of the molecule is CC(C)(C)C(CCN)NC(=O)c1ccccc1C(F)(F)F. The fraction of sp³-hybridized carbons (Fsp3) is 0.533. The van der Waals surface area contributed by atoms with Crippen molar-refractivity contribution in [3.05, 3.63) is 35.4 Å². The number of nitrogens with one attached hydrogen (secondary N) is 1. The summed E-state index contributed by atoms with van der Waals surface area (Å²) in [5.74, 6) is -0.726. The van der Waals surface area contributed by atoms with Gasteiger partial charge in [0.1, 0.15) is 0 Å². The maximum absolute atomic E-state index is 12.9. The normalized spacial score (nSPS) is 13.9. The highest BCUT2D eigenvalue weighted by Gasteiger charge is 2.35. The number of hydrogen-bond acceptors (Lipinski definition) is 2. The number of amides is 1. The van der Waals surface area contributed by atoms with Crippen molar-refractivity contribution in [1.29, 1.82) is 0 Å². The van der Waals surface area contributed by atoms with E-state index in [0.29, 0.717) is 13.0 Å². The molecule has 1 atom stereocenters. The number of carbonyl (C=O) groups excluding carboxylic acids is 1. The minimum absolute atomic E-state index is 0.289. The van der Waals surface area contributed by atoms with Gasteiger partial charge in [0.25, 0.3) is 5.91 Å². The molecule has 0 aliphatic rings. The van der Waals surface area contributed by atoms with Crippen molar-refractivity contribution in [1.82, 2.24) is 5.32 Å². The fourth-order valence-electron chi connectivity index (χ4n) is 2.05. The average molecular weight is 302 g/mol. The van der Waals surface area contributed by atoms with Crippen LogP contribution in [-0.2, 0) is 6.18 Å². The molecule has 118 valence electrons. The van der Waals surface area contributed by atoms with Crippen LogP contribution in [0.2, 0.25) is 0 Å². The lowest BCUT2D eigenvalue weighted by Crippen LogP contribution is -2.45.